The summed E-state index contributed by atoms with van der Waals surface area (Å²) in [5.41, 5.74) is -0.513. The van der Waals surface area contributed by atoms with Crippen LogP contribution < -0.4 is 5.32 Å². The summed E-state index contributed by atoms with van der Waals surface area (Å²) in [6, 6.07) is 3.05. The molecule has 2 heterocycles. The van der Waals surface area contributed by atoms with Crippen LogP contribution in [0.5, 0.6) is 0 Å². The van der Waals surface area contributed by atoms with Gasteiger partial charge < -0.3 is 5.32 Å². The lowest BCUT2D eigenvalue weighted by Crippen LogP contribution is -2.43. The maximum absolute atomic E-state index is 12.7. The Bertz CT molecular complexity index is 372. The molecule has 1 aromatic rings. The van der Waals surface area contributed by atoms with Crippen LogP contribution in [0, 0.1) is 0 Å². The molecular formula is C11H14F3N3. The molecule has 1 aliphatic heterocycles. The summed E-state index contributed by atoms with van der Waals surface area (Å²) in [4.78, 5) is 5.45. The van der Waals surface area contributed by atoms with Gasteiger partial charge in [0.05, 0.1) is 0 Å². The second kappa shape index (κ2) is 5.01. The van der Waals surface area contributed by atoms with E-state index in [1.807, 2.05) is 4.90 Å². The van der Waals surface area contributed by atoms with Gasteiger partial charge >= 0.3 is 6.18 Å². The molecule has 0 bridgehead atoms. The van der Waals surface area contributed by atoms with Gasteiger partial charge in [-0.25, -0.2) is 0 Å². The number of pyridine rings is 1. The first-order valence-corrected chi connectivity index (χ1v) is 5.51. The fourth-order valence-corrected chi connectivity index (χ4v) is 1.93. The standard InChI is InChI=1S/C11H14F3N3/c12-11(13,14)10-9(2-1-3-16-10)8-17-6-4-15-5-7-17/h1-3,15H,4-8H2. The Morgan fingerprint density at radius 1 is 1.29 bits per heavy atom. The predicted molar refractivity (Wildman–Crippen MR) is 57.4 cm³/mol. The Kier molecular flexibility index (Phi) is 3.63. The van der Waals surface area contributed by atoms with Crippen molar-refractivity contribution in [2.45, 2.75) is 12.7 Å². The Morgan fingerprint density at radius 3 is 2.65 bits per heavy atom. The normalized spacial score (nSPS) is 18.3. The summed E-state index contributed by atoms with van der Waals surface area (Å²) in [5.74, 6) is 0. The van der Waals surface area contributed by atoms with Crippen molar-refractivity contribution < 1.29 is 13.2 Å². The molecular weight excluding hydrogens is 231 g/mol. The predicted octanol–water partition coefficient (Wildman–Crippen LogP) is 1.51. The smallest absolute Gasteiger partial charge is 0.314 e. The average molecular weight is 245 g/mol. The van der Waals surface area contributed by atoms with E-state index in [0.717, 1.165) is 26.2 Å². The lowest BCUT2D eigenvalue weighted by molar-refractivity contribution is -0.142. The molecule has 2 rings (SSSR count). The van der Waals surface area contributed by atoms with E-state index in [1.165, 1.54) is 12.3 Å². The van der Waals surface area contributed by atoms with Crippen molar-refractivity contribution in [3.05, 3.63) is 29.6 Å². The second-order valence-corrected chi connectivity index (χ2v) is 4.04. The Morgan fingerprint density at radius 2 is 2.00 bits per heavy atom. The molecule has 1 fully saturated rings. The quantitative estimate of drug-likeness (QED) is 0.856. The number of alkyl halides is 3. The van der Waals surface area contributed by atoms with Crippen LogP contribution in [0.25, 0.3) is 0 Å². The van der Waals surface area contributed by atoms with Crippen LogP contribution in [-0.4, -0.2) is 36.1 Å². The average Bonchev–Trinajstić information content (AvgIpc) is 2.30. The maximum Gasteiger partial charge on any atom is 0.433 e. The second-order valence-electron chi connectivity index (χ2n) is 4.04. The van der Waals surface area contributed by atoms with E-state index in [0.29, 0.717) is 6.54 Å². The minimum Gasteiger partial charge on any atom is -0.314 e. The first kappa shape index (κ1) is 12.3. The molecule has 1 aromatic heterocycles. The number of rotatable bonds is 2. The molecule has 94 valence electrons. The largest absolute Gasteiger partial charge is 0.433 e. The highest BCUT2D eigenvalue weighted by molar-refractivity contribution is 5.22. The van der Waals surface area contributed by atoms with E-state index in [2.05, 4.69) is 10.3 Å². The van der Waals surface area contributed by atoms with E-state index in [9.17, 15) is 13.2 Å². The molecule has 1 saturated heterocycles. The topological polar surface area (TPSA) is 28.2 Å². The molecule has 17 heavy (non-hydrogen) atoms. The third kappa shape index (κ3) is 3.17. The van der Waals surface area contributed by atoms with Crippen molar-refractivity contribution in [1.29, 1.82) is 0 Å². The summed E-state index contributed by atoms with van der Waals surface area (Å²) < 4.78 is 38.1. The van der Waals surface area contributed by atoms with Crippen molar-refractivity contribution in [1.82, 2.24) is 15.2 Å². The lowest BCUT2D eigenvalue weighted by Gasteiger charge is -2.27. The van der Waals surface area contributed by atoms with Crippen LogP contribution in [0.15, 0.2) is 18.3 Å². The van der Waals surface area contributed by atoms with Gasteiger partial charge in [0.25, 0.3) is 0 Å². The highest BCUT2D eigenvalue weighted by Crippen LogP contribution is 2.30. The van der Waals surface area contributed by atoms with Crippen LogP contribution in [0.1, 0.15) is 11.3 Å². The van der Waals surface area contributed by atoms with Crippen LogP contribution in [0.2, 0.25) is 0 Å². The minimum absolute atomic E-state index is 0.252. The fourth-order valence-electron chi connectivity index (χ4n) is 1.93. The third-order valence-corrected chi connectivity index (χ3v) is 2.76. The highest BCUT2D eigenvalue weighted by atomic mass is 19.4. The van der Waals surface area contributed by atoms with E-state index in [1.54, 1.807) is 6.07 Å². The van der Waals surface area contributed by atoms with Crippen molar-refractivity contribution in [2.24, 2.45) is 0 Å². The molecule has 0 amide bonds. The van der Waals surface area contributed by atoms with Crippen LogP contribution in [0.3, 0.4) is 0 Å². The number of hydrogen-bond donors (Lipinski definition) is 1. The number of nitrogens with one attached hydrogen (secondary N) is 1. The van der Waals surface area contributed by atoms with Gasteiger partial charge in [0.1, 0.15) is 5.69 Å². The minimum atomic E-state index is -4.37. The van der Waals surface area contributed by atoms with Gasteiger partial charge in [0.15, 0.2) is 0 Å². The maximum atomic E-state index is 12.7. The van der Waals surface area contributed by atoms with Crippen LogP contribution in [0.4, 0.5) is 13.2 Å². The summed E-state index contributed by atoms with van der Waals surface area (Å²) in [5, 5.41) is 3.17. The van der Waals surface area contributed by atoms with Crippen molar-refractivity contribution in [3.8, 4) is 0 Å². The zero-order valence-electron chi connectivity index (χ0n) is 9.30. The molecule has 0 aliphatic carbocycles. The summed E-state index contributed by atoms with van der Waals surface area (Å²) >= 11 is 0. The first-order chi connectivity index (χ1) is 8.07. The number of nitrogens with zero attached hydrogens (tertiary/aromatic N) is 2. The first-order valence-electron chi connectivity index (χ1n) is 5.51. The van der Waals surface area contributed by atoms with E-state index >= 15 is 0 Å². The molecule has 1 N–H and O–H groups in total. The molecule has 3 nitrogen and oxygen atoms in total. The van der Waals surface area contributed by atoms with Crippen LogP contribution >= 0.6 is 0 Å². The molecule has 0 unspecified atom stereocenters. The molecule has 0 radical (unpaired) electrons. The van der Waals surface area contributed by atoms with Crippen LogP contribution in [-0.2, 0) is 12.7 Å². The van der Waals surface area contributed by atoms with E-state index in [4.69, 9.17) is 0 Å². The van der Waals surface area contributed by atoms with Gasteiger partial charge in [0, 0.05) is 38.9 Å². The number of halogens is 3. The fraction of sp³-hybridized carbons (Fsp3) is 0.545. The molecule has 0 atom stereocenters. The number of aromatic nitrogens is 1. The van der Waals surface area contributed by atoms with Gasteiger partial charge in [-0.3, -0.25) is 9.88 Å². The molecule has 6 heteroatoms. The molecule has 0 saturated carbocycles. The third-order valence-electron chi connectivity index (χ3n) is 2.76. The zero-order chi connectivity index (χ0) is 12.3. The molecule has 0 spiro atoms. The van der Waals surface area contributed by atoms with Crippen molar-refractivity contribution in [3.63, 3.8) is 0 Å². The van der Waals surface area contributed by atoms with Gasteiger partial charge in [-0.2, -0.15) is 13.2 Å². The molecule has 1 aliphatic rings. The van der Waals surface area contributed by atoms with Crippen molar-refractivity contribution in [2.75, 3.05) is 26.2 Å². The van der Waals surface area contributed by atoms with Gasteiger partial charge in [0.2, 0.25) is 0 Å². The van der Waals surface area contributed by atoms with Crippen molar-refractivity contribution >= 4 is 0 Å². The van der Waals surface area contributed by atoms with Gasteiger partial charge in [-0.1, -0.05) is 6.07 Å². The monoisotopic (exact) mass is 245 g/mol. The molecule has 0 aromatic carbocycles. The Labute approximate surface area is 97.6 Å². The summed E-state index contributed by atoms with van der Waals surface area (Å²) in [7, 11) is 0. The lowest BCUT2D eigenvalue weighted by atomic mass is 10.1. The Hall–Kier alpha value is -1.14. The summed E-state index contributed by atoms with van der Waals surface area (Å²) in [6.45, 7) is 3.49. The number of hydrogen-bond acceptors (Lipinski definition) is 3. The van der Waals surface area contributed by atoms with Gasteiger partial charge in [-0.15, -0.1) is 0 Å². The highest BCUT2D eigenvalue weighted by Gasteiger charge is 2.35. The van der Waals surface area contributed by atoms with E-state index in [-0.39, 0.29) is 5.56 Å². The van der Waals surface area contributed by atoms with E-state index < -0.39 is 11.9 Å². The zero-order valence-corrected chi connectivity index (χ0v) is 9.30. The summed E-state index contributed by atoms with van der Waals surface area (Å²) in [6.07, 6.45) is -3.19. The Balaban J connectivity index is 2.14. The number of piperazine rings is 1. The van der Waals surface area contributed by atoms with Gasteiger partial charge in [-0.05, 0) is 11.6 Å². The SMILES string of the molecule is FC(F)(F)c1ncccc1CN1CCNCC1.